The number of aryl methyl sites for hydroxylation is 2. The number of unbranched alkanes of at least 4 members (excludes halogenated alkanes) is 6. The summed E-state index contributed by atoms with van der Waals surface area (Å²) in [5, 5.41) is 0. The van der Waals surface area contributed by atoms with Gasteiger partial charge in [0.2, 0.25) is 0 Å². The third-order valence-electron chi connectivity index (χ3n) is 13.5. The van der Waals surface area contributed by atoms with Crippen molar-refractivity contribution in [2.75, 3.05) is 0 Å². The molecule has 0 aliphatic heterocycles. The van der Waals surface area contributed by atoms with Crippen molar-refractivity contribution in [2.45, 2.75) is 195 Å². The topological polar surface area (TPSA) is 68.3 Å². The van der Waals surface area contributed by atoms with E-state index in [-0.39, 0.29) is 34.5 Å². The second kappa shape index (κ2) is 24.8. The molecule has 0 heterocycles. The Balaban J connectivity index is 2.23. The molecule has 0 amide bonds. The fourth-order valence-electron chi connectivity index (χ4n) is 9.63. The normalized spacial score (nSPS) is 18.0. The molecule has 8 heteroatoms. The third-order valence-corrected chi connectivity index (χ3v) is 49.8. The summed E-state index contributed by atoms with van der Waals surface area (Å²) in [6.07, 6.45) is 24.9. The summed E-state index contributed by atoms with van der Waals surface area (Å²) < 4.78 is 69.7. The van der Waals surface area contributed by atoms with Crippen molar-refractivity contribution < 1.29 is 16.8 Å². The molecule has 0 N–H and O–H groups in total. The van der Waals surface area contributed by atoms with E-state index in [2.05, 4.69) is 65.8 Å². The molecule has 0 saturated heterocycles. The number of sulfone groups is 2. The van der Waals surface area contributed by atoms with Crippen LogP contribution in [0.2, 0.25) is 35.5 Å². The van der Waals surface area contributed by atoms with Gasteiger partial charge in [0.05, 0.1) is 0 Å². The van der Waals surface area contributed by atoms with Crippen molar-refractivity contribution in [3.05, 3.63) is 84.0 Å². The molecule has 4 nitrogen and oxygen atoms in total. The van der Waals surface area contributed by atoms with E-state index in [0.29, 0.717) is 0 Å². The van der Waals surface area contributed by atoms with E-state index >= 15 is 16.8 Å². The van der Waals surface area contributed by atoms with Gasteiger partial charge < -0.3 is 0 Å². The average molecular weight is 1040 g/mol. The molecule has 1 saturated carbocycles. The second-order valence-corrected chi connectivity index (χ2v) is 51.0. The molecule has 322 valence electrons. The fraction of sp³-hybridized carbons (Fsp3) is 0.673. The number of hydrogen-bond donors (Lipinski definition) is 0. The summed E-state index contributed by atoms with van der Waals surface area (Å²) >= 11 is -5.07. The van der Waals surface area contributed by atoms with Gasteiger partial charge in [-0.3, -0.25) is 0 Å². The van der Waals surface area contributed by atoms with Crippen LogP contribution in [0.4, 0.5) is 0 Å². The Kier molecular flexibility index (Phi) is 22.1. The summed E-state index contributed by atoms with van der Waals surface area (Å²) in [4.78, 5) is 0.220. The van der Waals surface area contributed by atoms with Crippen LogP contribution in [0.15, 0.2) is 82.6 Å². The van der Waals surface area contributed by atoms with Crippen LogP contribution in [0, 0.1) is 25.7 Å². The van der Waals surface area contributed by atoms with E-state index in [4.69, 9.17) is 0 Å². The van der Waals surface area contributed by atoms with Gasteiger partial charge in [0.25, 0.3) is 0 Å². The maximum absolute atomic E-state index is 15.2. The molecule has 57 heavy (non-hydrogen) atoms. The van der Waals surface area contributed by atoms with Gasteiger partial charge in [0, 0.05) is 0 Å². The zero-order valence-corrected chi connectivity index (χ0v) is 44.9. The molecule has 2 aromatic carbocycles. The van der Waals surface area contributed by atoms with E-state index in [9.17, 15) is 0 Å². The molecule has 2 atom stereocenters. The van der Waals surface area contributed by atoms with E-state index in [1.54, 1.807) is 48.5 Å². The van der Waals surface area contributed by atoms with E-state index in [0.717, 1.165) is 11.1 Å². The number of benzene rings is 2. The van der Waals surface area contributed by atoms with E-state index < -0.39 is 60.5 Å². The predicted molar refractivity (Wildman–Crippen MR) is 253 cm³/mol. The molecule has 0 unspecified atom stereocenters. The van der Waals surface area contributed by atoms with Crippen molar-refractivity contribution in [3.8, 4) is 0 Å². The van der Waals surface area contributed by atoms with Crippen molar-refractivity contribution in [1.29, 1.82) is 0 Å². The van der Waals surface area contributed by atoms with Crippen molar-refractivity contribution in [1.82, 2.24) is 0 Å². The first-order chi connectivity index (χ1) is 27.2. The van der Waals surface area contributed by atoms with Gasteiger partial charge in [0.1, 0.15) is 0 Å². The van der Waals surface area contributed by atoms with Crippen LogP contribution >= 0.6 is 0 Å². The first-order valence-electron chi connectivity index (χ1n) is 23.2. The van der Waals surface area contributed by atoms with Gasteiger partial charge >= 0.3 is 364 Å². The monoisotopic (exact) mass is 1040 g/mol. The van der Waals surface area contributed by atoms with Crippen molar-refractivity contribution >= 4 is 56.4 Å². The van der Waals surface area contributed by atoms with Gasteiger partial charge in [-0.05, 0) is 0 Å². The first kappa shape index (κ1) is 50.8. The molecule has 1 aliphatic carbocycles. The number of allylic oxidation sites excluding steroid dienone is 4. The quantitative estimate of drug-likeness (QED) is 0.0629. The van der Waals surface area contributed by atoms with Gasteiger partial charge in [0.15, 0.2) is 0 Å². The molecule has 0 bridgehead atoms. The standard InChI is InChI=1S/C25H28O4S2.6C4H9.2Sn/c1-5-7-21-17-25(18-22(21)8-6-2,30(26,27)23-13-9-19(3)10-14-23)31(28,29)24-15-11-20(4)12-16-24;6*1-3-4-2;;/h5-16,21-22H,1-2,17-18H2,3-4H3;6*1,3-4H2,2H3;;/b7-5+,8-6+;;;;;;;;/t21-,22-;;;;;;;;/m1......../s1. The molecular weight excluding hydrogens is 954 g/mol. The van der Waals surface area contributed by atoms with Crippen LogP contribution < -0.4 is 0 Å². The Morgan fingerprint density at radius 2 is 0.754 bits per heavy atom. The molecule has 0 spiro atoms. The second-order valence-electron chi connectivity index (χ2n) is 18.2. The predicted octanol–water partition coefficient (Wildman–Crippen LogP) is 15.1. The Labute approximate surface area is 360 Å². The van der Waals surface area contributed by atoms with Gasteiger partial charge in [-0.1, -0.05) is 0 Å². The summed E-state index contributed by atoms with van der Waals surface area (Å²) in [6, 6.07) is 13.7. The summed E-state index contributed by atoms with van der Waals surface area (Å²) in [5.74, 6) is -0.332. The summed E-state index contributed by atoms with van der Waals surface area (Å²) in [6.45, 7) is 17.8. The molecule has 1 aliphatic rings. The molecule has 1 fully saturated rings. The number of rotatable bonds is 28. The summed E-state index contributed by atoms with van der Waals surface area (Å²) in [7, 11) is -8.61. The van der Waals surface area contributed by atoms with Gasteiger partial charge in [-0.2, -0.15) is 0 Å². The van der Waals surface area contributed by atoms with Crippen LogP contribution in [-0.2, 0) is 19.7 Å². The van der Waals surface area contributed by atoms with Crippen molar-refractivity contribution in [3.63, 3.8) is 0 Å². The first-order valence-corrected chi connectivity index (χ1v) is 42.3. The van der Waals surface area contributed by atoms with Crippen LogP contribution in [0.5, 0.6) is 0 Å². The Hall–Kier alpha value is -0.583. The molecule has 2 aromatic rings. The summed E-state index contributed by atoms with van der Waals surface area (Å²) in [5.41, 5.74) is 1.90. The van der Waals surface area contributed by atoms with Gasteiger partial charge in [-0.25, -0.2) is 0 Å². The molecule has 3 rings (SSSR count). The maximum atomic E-state index is 15.2. The van der Waals surface area contributed by atoms with Crippen LogP contribution in [0.1, 0.15) is 143 Å². The Morgan fingerprint density at radius 1 is 0.491 bits per heavy atom. The molecule has 0 radical (unpaired) electrons. The molecular formula is C49H82O4S2Sn2. The average Bonchev–Trinajstić information content (AvgIpc) is 3.59. The Bertz CT molecular complexity index is 1560. The minimum atomic E-state index is -4.31. The van der Waals surface area contributed by atoms with Crippen LogP contribution in [0.3, 0.4) is 0 Å². The minimum absolute atomic E-state index is 0.0856. The van der Waals surface area contributed by atoms with Crippen LogP contribution in [0.25, 0.3) is 0 Å². The third kappa shape index (κ3) is 13.7. The van der Waals surface area contributed by atoms with E-state index in [1.165, 1.54) is 113 Å². The number of hydrogen-bond acceptors (Lipinski definition) is 4. The van der Waals surface area contributed by atoms with Crippen molar-refractivity contribution in [2.24, 2.45) is 11.8 Å². The van der Waals surface area contributed by atoms with Gasteiger partial charge in [-0.15, -0.1) is 0 Å². The van der Waals surface area contributed by atoms with E-state index in [1.807, 2.05) is 13.8 Å². The van der Waals surface area contributed by atoms with Crippen LogP contribution in [-0.4, -0.2) is 57.7 Å². The fourth-order valence-corrected chi connectivity index (χ4v) is 45.2. The zero-order chi connectivity index (χ0) is 42.0. The SMILES string of the molecule is CCC[CH2][Sn]([CH2]/C=C/[C@@H]1CC(S(=O)(=O)c2ccc(C)cc2)(S(=O)(=O)c2ccc(C)cc2)C[C@H]1/C=C/[CH2][Sn]([CH2]CCC)([CH2]CCC)[CH2]CCC)([CH2]CCC)[CH2]CCC. The molecule has 0 aromatic heterocycles. The zero-order valence-electron chi connectivity index (χ0n) is 37.6. The Morgan fingerprint density at radius 3 is 1.00 bits per heavy atom.